The topological polar surface area (TPSA) is 157 Å². The molecule has 27 heavy (non-hydrogen) atoms. The zero-order chi connectivity index (χ0) is 21.0. The first-order chi connectivity index (χ1) is 12.7. The summed E-state index contributed by atoms with van der Waals surface area (Å²) in [6, 6.07) is 4.08. The average molecular weight is 403 g/mol. The van der Waals surface area contributed by atoms with Crippen molar-refractivity contribution in [3.8, 4) is 0 Å². The van der Waals surface area contributed by atoms with E-state index in [0.29, 0.717) is 13.2 Å². The Morgan fingerprint density at radius 2 is 1.63 bits per heavy atom. The number of nitro groups is 2. The Labute approximate surface area is 160 Å². The first-order valence-electron chi connectivity index (χ1n) is 8.90. The van der Waals surface area contributed by atoms with Crippen LogP contribution in [-0.4, -0.2) is 37.3 Å². The predicted molar refractivity (Wildman–Crippen MR) is 107 cm³/mol. The van der Waals surface area contributed by atoms with E-state index in [4.69, 9.17) is 20.3 Å². The van der Waals surface area contributed by atoms with Gasteiger partial charge in [0.25, 0.3) is 11.4 Å². The molecule has 0 saturated carbocycles. The molecule has 1 atom stereocenters. The summed E-state index contributed by atoms with van der Waals surface area (Å²) in [5.41, 5.74) is 10.6. The Morgan fingerprint density at radius 1 is 1.07 bits per heavy atom. The van der Waals surface area contributed by atoms with Crippen molar-refractivity contribution in [1.82, 2.24) is 0 Å². The number of anilines is 1. The number of nitro benzene ring substituents is 2. The van der Waals surface area contributed by atoms with Crippen LogP contribution in [0.3, 0.4) is 0 Å². The van der Waals surface area contributed by atoms with Gasteiger partial charge in [0.2, 0.25) is 0 Å². The van der Waals surface area contributed by atoms with E-state index in [2.05, 4.69) is 13.8 Å². The predicted octanol–water partition coefficient (Wildman–Crippen LogP) is 3.27. The van der Waals surface area contributed by atoms with Gasteiger partial charge in [0.15, 0.2) is 0 Å². The Bertz CT molecular complexity index is 600. The van der Waals surface area contributed by atoms with Gasteiger partial charge < -0.3 is 20.3 Å². The van der Waals surface area contributed by atoms with Gasteiger partial charge in [0, 0.05) is 24.9 Å². The van der Waals surface area contributed by atoms with Crippen molar-refractivity contribution in [3.05, 3.63) is 38.4 Å². The Balaban J connectivity index is 0.000000501. The lowest BCUT2D eigenvalue weighted by Gasteiger charge is -2.34. The molecule has 10 nitrogen and oxygen atoms in total. The monoisotopic (exact) mass is 402 g/mol. The molecule has 0 heterocycles. The average Bonchev–Trinajstić information content (AvgIpc) is 2.62. The fraction of sp³-hybridized carbons (Fsp3) is 0.625. The third-order valence-corrected chi connectivity index (χ3v) is 8.09. The van der Waals surface area contributed by atoms with Crippen molar-refractivity contribution >= 4 is 25.6 Å². The van der Waals surface area contributed by atoms with Crippen molar-refractivity contribution in [2.75, 3.05) is 18.9 Å². The smallest absolute Gasteiger partial charge is 0.355 e. The molecule has 0 aliphatic heterocycles. The zero-order valence-corrected chi connectivity index (χ0v) is 17.3. The molecule has 1 unspecified atom stereocenters. The van der Waals surface area contributed by atoms with Gasteiger partial charge in [-0.3, -0.25) is 20.2 Å². The minimum Gasteiger partial charge on any atom is -0.394 e. The van der Waals surface area contributed by atoms with E-state index in [1.165, 1.54) is 0 Å². The molecule has 0 radical (unpaired) electrons. The number of hydrogen-bond acceptors (Lipinski definition) is 8. The number of nitrogens with two attached hydrogens (primary N) is 2. The van der Waals surface area contributed by atoms with Gasteiger partial charge in [0.05, 0.1) is 15.9 Å². The van der Waals surface area contributed by atoms with Crippen molar-refractivity contribution in [2.45, 2.75) is 52.2 Å². The molecule has 0 bridgehead atoms. The Morgan fingerprint density at radius 3 is 2.00 bits per heavy atom. The molecule has 0 aromatic heterocycles. The van der Waals surface area contributed by atoms with Crippen molar-refractivity contribution < 1.29 is 18.7 Å². The van der Waals surface area contributed by atoms with Crippen LogP contribution in [0.25, 0.3) is 0 Å². The maximum Gasteiger partial charge on any atom is 0.355 e. The minimum atomic E-state index is -2.12. The van der Waals surface area contributed by atoms with E-state index in [-0.39, 0.29) is 17.0 Å². The largest absolute Gasteiger partial charge is 0.394 e. The van der Waals surface area contributed by atoms with E-state index in [9.17, 15) is 20.2 Å². The molecule has 11 heteroatoms. The summed E-state index contributed by atoms with van der Waals surface area (Å²) in [6.45, 7) is 9.69. The normalized spacial score (nSPS) is 12.0. The zero-order valence-electron chi connectivity index (χ0n) is 16.3. The van der Waals surface area contributed by atoms with Gasteiger partial charge in [-0.05, 0) is 32.4 Å². The van der Waals surface area contributed by atoms with Gasteiger partial charge in [-0.25, -0.2) is 0 Å². The molecule has 0 saturated heterocycles. The fourth-order valence-electron chi connectivity index (χ4n) is 2.54. The lowest BCUT2D eigenvalue weighted by Crippen LogP contribution is -2.57. The molecule has 0 fully saturated rings. The van der Waals surface area contributed by atoms with Crippen LogP contribution in [0.1, 0.15) is 40.5 Å². The third kappa shape index (κ3) is 7.59. The summed E-state index contributed by atoms with van der Waals surface area (Å²) >= 11 is 0. The molecule has 0 amide bonds. The quantitative estimate of drug-likeness (QED) is 0.261. The molecular weight excluding hydrogens is 372 g/mol. The Hall–Kier alpha value is -2.08. The van der Waals surface area contributed by atoms with Crippen LogP contribution in [0.15, 0.2) is 18.2 Å². The molecule has 1 aromatic rings. The summed E-state index contributed by atoms with van der Waals surface area (Å²) in [7, 11) is -2.12. The molecule has 0 spiro atoms. The van der Waals surface area contributed by atoms with Crippen LogP contribution < -0.4 is 11.5 Å². The first-order valence-corrected chi connectivity index (χ1v) is 11.0. The lowest BCUT2D eigenvalue weighted by atomic mass is 10.2. The van der Waals surface area contributed by atoms with Crippen LogP contribution in [0.2, 0.25) is 6.04 Å². The number of rotatable bonds is 10. The highest BCUT2D eigenvalue weighted by molar-refractivity contribution is 6.69. The minimum absolute atomic E-state index is 0.0874. The van der Waals surface area contributed by atoms with Crippen molar-refractivity contribution in [3.63, 3.8) is 0 Å². The second-order valence-corrected chi connectivity index (χ2v) is 9.14. The summed E-state index contributed by atoms with van der Waals surface area (Å²) < 4.78 is 11.7. The second kappa shape index (κ2) is 12.3. The summed E-state index contributed by atoms with van der Waals surface area (Å²) in [5, 5.41) is 20.5. The van der Waals surface area contributed by atoms with Crippen LogP contribution in [-0.2, 0) is 8.85 Å². The highest BCUT2D eigenvalue weighted by Crippen LogP contribution is 2.26. The highest BCUT2D eigenvalue weighted by Gasteiger charge is 2.41. The highest BCUT2D eigenvalue weighted by atomic mass is 28.4. The van der Waals surface area contributed by atoms with Gasteiger partial charge >= 0.3 is 8.56 Å². The van der Waals surface area contributed by atoms with Crippen molar-refractivity contribution in [2.24, 2.45) is 5.73 Å². The SMILES string of the molecule is CCC[Si](OCC)(OCC)C(N)CC.Nc1ccc([N+](=O)[O-])cc1[N+](=O)[O-]. The second-order valence-electron chi connectivity index (χ2n) is 5.70. The molecule has 154 valence electrons. The maximum atomic E-state index is 10.3. The number of nitrogens with zero attached hydrogens (tertiary/aromatic N) is 2. The van der Waals surface area contributed by atoms with E-state index in [1.54, 1.807) is 0 Å². The van der Waals surface area contributed by atoms with Crippen molar-refractivity contribution in [1.29, 1.82) is 0 Å². The van der Waals surface area contributed by atoms with E-state index >= 15 is 0 Å². The number of hydrogen-bond donors (Lipinski definition) is 2. The van der Waals surface area contributed by atoms with E-state index in [1.807, 2.05) is 13.8 Å². The van der Waals surface area contributed by atoms with Crippen LogP contribution in [0.5, 0.6) is 0 Å². The first kappa shape index (κ1) is 24.9. The van der Waals surface area contributed by atoms with Gasteiger partial charge in [-0.15, -0.1) is 0 Å². The third-order valence-electron chi connectivity index (χ3n) is 3.80. The number of nitrogen functional groups attached to an aromatic ring is 1. The molecule has 0 aliphatic carbocycles. The number of non-ortho nitro benzene ring substituents is 1. The fourth-order valence-corrected chi connectivity index (χ4v) is 6.00. The van der Waals surface area contributed by atoms with E-state index < -0.39 is 24.1 Å². The maximum absolute atomic E-state index is 10.3. The lowest BCUT2D eigenvalue weighted by molar-refractivity contribution is -0.393. The van der Waals surface area contributed by atoms with Gasteiger partial charge in [-0.1, -0.05) is 20.3 Å². The molecule has 4 N–H and O–H groups in total. The van der Waals surface area contributed by atoms with Gasteiger partial charge in [-0.2, -0.15) is 0 Å². The summed E-state index contributed by atoms with van der Waals surface area (Å²) in [6.07, 6.45) is 2.02. The standard InChI is InChI=1S/C10H25NO2Si.C6H5N3O4/c1-5-9-14(12-7-3,13-8-4)10(11)6-2;7-5-2-1-4(8(10)11)3-6(5)9(12)13/h10H,5-9,11H2,1-4H3;1-3H,7H2. The molecule has 1 rings (SSSR count). The summed E-state index contributed by atoms with van der Waals surface area (Å²) in [5.74, 6) is 0. The molecule has 0 aliphatic rings. The van der Waals surface area contributed by atoms with Gasteiger partial charge in [0.1, 0.15) is 5.69 Å². The van der Waals surface area contributed by atoms with E-state index in [0.717, 1.165) is 37.1 Å². The Kier molecular flexibility index (Phi) is 11.4. The summed E-state index contributed by atoms with van der Waals surface area (Å²) in [4.78, 5) is 19.1. The molecule has 1 aromatic carbocycles. The van der Waals surface area contributed by atoms with Crippen LogP contribution in [0.4, 0.5) is 17.1 Å². The molecular formula is C16H30N4O6Si. The van der Waals surface area contributed by atoms with Crippen LogP contribution in [0, 0.1) is 20.2 Å². The number of benzene rings is 1. The van der Waals surface area contributed by atoms with Crippen LogP contribution >= 0.6 is 0 Å².